The summed E-state index contributed by atoms with van der Waals surface area (Å²) in [5, 5.41) is 6.72. The summed E-state index contributed by atoms with van der Waals surface area (Å²) in [5.41, 5.74) is 0. The molecule has 1 fully saturated rings. The van der Waals surface area contributed by atoms with Crippen LogP contribution >= 0.6 is 0 Å². The first-order chi connectivity index (χ1) is 7.45. The van der Waals surface area contributed by atoms with E-state index in [0.29, 0.717) is 0 Å². The molecule has 1 aromatic heterocycles. The van der Waals surface area contributed by atoms with Gasteiger partial charge in [0.05, 0.1) is 0 Å². The molecule has 2 N–H and O–H groups in total. The third-order valence-electron chi connectivity index (χ3n) is 2.74. The molecule has 1 saturated carbocycles. The summed E-state index contributed by atoms with van der Waals surface area (Å²) < 4.78 is 0. The van der Waals surface area contributed by atoms with Crippen LogP contribution in [0.5, 0.6) is 0 Å². The molecule has 0 aromatic carbocycles. The van der Waals surface area contributed by atoms with E-state index >= 15 is 0 Å². The van der Waals surface area contributed by atoms with Crippen LogP contribution in [0.25, 0.3) is 0 Å². The number of anilines is 1. The SMILES string of the molecule is c1cnc(NCCCNC2CCC2)nc1. The molecule has 0 saturated heterocycles. The molecule has 4 nitrogen and oxygen atoms in total. The van der Waals surface area contributed by atoms with Gasteiger partial charge in [0, 0.05) is 25.0 Å². The van der Waals surface area contributed by atoms with Crippen molar-refractivity contribution in [1.29, 1.82) is 0 Å². The third kappa shape index (κ3) is 3.47. The van der Waals surface area contributed by atoms with E-state index in [9.17, 15) is 0 Å². The fraction of sp³-hybridized carbons (Fsp3) is 0.636. The lowest BCUT2D eigenvalue weighted by Crippen LogP contribution is -2.36. The van der Waals surface area contributed by atoms with Crippen LogP contribution in [0, 0.1) is 0 Å². The molecule has 1 aliphatic rings. The van der Waals surface area contributed by atoms with Crippen molar-refractivity contribution in [3.05, 3.63) is 18.5 Å². The second kappa shape index (κ2) is 5.66. The zero-order chi connectivity index (χ0) is 10.3. The van der Waals surface area contributed by atoms with Gasteiger partial charge in [-0.05, 0) is 31.9 Å². The van der Waals surface area contributed by atoms with Crippen LogP contribution in [0.4, 0.5) is 5.95 Å². The molecule has 15 heavy (non-hydrogen) atoms. The summed E-state index contributed by atoms with van der Waals surface area (Å²) in [6, 6.07) is 2.61. The largest absolute Gasteiger partial charge is 0.354 e. The van der Waals surface area contributed by atoms with Gasteiger partial charge in [-0.1, -0.05) is 6.42 Å². The van der Waals surface area contributed by atoms with Gasteiger partial charge in [-0.2, -0.15) is 0 Å². The molecule has 0 spiro atoms. The highest BCUT2D eigenvalue weighted by atomic mass is 15.1. The Morgan fingerprint density at radius 3 is 2.67 bits per heavy atom. The minimum atomic E-state index is 0.723. The fourth-order valence-electron chi connectivity index (χ4n) is 1.60. The standard InChI is InChI=1S/C11H18N4/c1-4-10(5-1)12-6-2-7-13-11-14-8-3-9-15-11/h3,8-10,12H,1-2,4-7H2,(H,13,14,15). The van der Waals surface area contributed by atoms with Gasteiger partial charge in [0.25, 0.3) is 0 Å². The lowest BCUT2D eigenvalue weighted by molar-refractivity contribution is 0.340. The maximum absolute atomic E-state index is 4.10. The monoisotopic (exact) mass is 206 g/mol. The van der Waals surface area contributed by atoms with E-state index in [1.165, 1.54) is 19.3 Å². The predicted molar refractivity (Wildman–Crippen MR) is 60.8 cm³/mol. The molecule has 1 aliphatic carbocycles. The predicted octanol–water partition coefficient (Wildman–Crippen LogP) is 1.42. The lowest BCUT2D eigenvalue weighted by Gasteiger charge is -2.26. The van der Waals surface area contributed by atoms with Gasteiger partial charge in [0.1, 0.15) is 0 Å². The summed E-state index contributed by atoms with van der Waals surface area (Å²) in [6.45, 7) is 2.02. The van der Waals surface area contributed by atoms with Crippen LogP contribution in [0.2, 0.25) is 0 Å². The summed E-state index contributed by atoms with van der Waals surface area (Å²) >= 11 is 0. The molecule has 0 aliphatic heterocycles. The van der Waals surface area contributed by atoms with Crippen LogP contribution in [-0.4, -0.2) is 29.1 Å². The Kier molecular flexibility index (Phi) is 3.91. The summed E-state index contributed by atoms with van der Waals surface area (Å²) in [5.74, 6) is 0.723. The van der Waals surface area contributed by atoms with Crippen molar-refractivity contribution in [2.45, 2.75) is 31.7 Å². The van der Waals surface area contributed by atoms with Crippen molar-refractivity contribution in [2.75, 3.05) is 18.4 Å². The Morgan fingerprint density at radius 2 is 2.00 bits per heavy atom. The first-order valence-corrected chi connectivity index (χ1v) is 5.69. The molecule has 0 atom stereocenters. The molecule has 2 rings (SSSR count). The zero-order valence-corrected chi connectivity index (χ0v) is 8.95. The van der Waals surface area contributed by atoms with E-state index in [4.69, 9.17) is 0 Å². The number of nitrogens with one attached hydrogen (secondary N) is 2. The van der Waals surface area contributed by atoms with Crippen molar-refractivity contribution >= 4 is 5.95 Å². The quantitative estimate of drug-likeness (QED) is 0.691. The first-order valence-electron chi connectivity index (χ1n) is 5.69. The van der Waals surface area contributed by atoms with Crippen molar-refractivity contribution < 1.29 is 0 Å². The zero-order valence-electron chi connectivity index (χ0n) is 8.95. The maximum Gasteiger partial charge on any atom is 0.222 e. The van der Waals surface area contributed by atoms with Crippen molar-refractivity contribution in [3.63, 3.8) is 0 Å². The summed E-state index contributed by atoms with van der Waals surface area (Å²) in [6.07, 6.45) is 8.73. The Bertz CT molecular complexity index is 271. The summed E-state index contributed by atoms with van der Waals surface area (Å²) in [7, 11) is 0. The second-order valence-electron chi connectivity index (χ2n) is 3.93. The van der Waals surface area contributed by atoms with Gasteiger partial charge in [-0.3, -0.25) is 0 Å². The van der Waals surface area contributed by atoms with Gasteiger partial charge in [-0.15, -0.1) is 0 Å². The van der Waals surface area contributed by atoms with Gasteiger partial charge in [0.2, 0.25) is 5.95 Å². The molecule has 0 unspecified atom stereocenters. The minimum absolute atomic E-state index is 0.723. The Labute approximate surface area is 90.5 Å². The highest BCUT2D eigenvalue weighted by molar-refractivity contribution is 5.21. The van der Waals surface area contributed by atoms with Crippen LogP contribution in [0.1, 0.15) is 25.7 Å². The highest BCUT2D eigenvalue weighted by Crippen LogP contribution is 2.17. The molecule has 1 aromatic rings. The van der Waals surface area contributed by atoms with E-state index in [2.05, 4.69) is 20.6 Å². The number of aromatic nitrogens is 2. The average Bonchev–Trinajstić information content (AvgIpc) is 2.22. The molecule has 0 radical (unpaired) electrons. The Balaban J connectivity index is 1.51. The molecule has 0 amide bonds. The first kappa shape index (κ1) is 10.4. The molecular weight excluding hydrogens is 188 g/mol. The smallest absolute Gasteiger partial charge is 0.222 e. The van der Waals surface area contributed by atoms with Gasteiger partial charge < -0.3 is 10.6 Å². The Morgan fingerprint density at radius 1 is 1.20 bits per heavy atom. The fourth-order valence-corrected chi connectivity index (χ4v) is 1.60. The van der Waals surface area contributed by atoms with Gasteiger partial charge in [-0.25, -0.2) is 9.97 Å². The van der Waals surface area contributed by atoms with Crippen molar-refractivity contribution in [3.8, 4) is 0 Å². The molecule has 4 heteroatoms. The topological polar surface area (TPSA) is 49.8 Å². The average molecular weight is 206 g/mol. The van der Waals surface area contributed by atoms with Crippen LogP contribution in [0.3, 0.4) is 0 Å². The summed E-state index contributed by atoms with van der Waals surface area (Å²) in [4.78, 5) is 8.19. The minimum Gasteiger partial charge on any atom is -0.354 e. The van der Waals surface area contributed by atoms with Gasteiger partial charge >= 0.3 is 0 Å². The second-order valence-corrected chi connectivity index (χ2v) is 3.93. The van der Waals surface area contributed by atoms with E-state index < -0.39 is 0 Å². The lowest BCUT2D eigenvalue weighted by atomic mass is 9.93. The van der Waals surface area contributed by atoms with Crippen LogP contribution in [0.15, 0.2) is 18.5 Å². The van der Waals surface area contributed by atoms with Crippen LogP contribution in [-0.2, 0) is 0 Å². The molecule has 82 valence electrons. The van der Waals surface area contributed by atoms with Crippen molar-refractivity contribution in [1.82, 2.24) is 15.3 Å². The Hall–Kier alpha value is -1.16. The molecule has 0 bridgehead atoms. The number of hydrogen-bond donors (Lipinski definition) is 2. The highest BCUT2D eigenvalue weighted by Gasteiger charge is 2.15. The number of hydrogen-bond acceptors (Lipinski definition) is 4. The number of nitrogens with zero attached hydrogens (tertiary/aromatic N) is 2. The molecular formula is C11H18N4. The third-order valence-corrected chi connectivity index (χ3v) is 2.74. The van der Waals surface area contributed by atoms with Crippen LogP contribution < -0.4 is 10.6 Å². The van der Waals surface area contributed by atoms with E-state index in [1.807, 2.05) is 6.07 Å². The van der Waals surface area contributed by atoms with E-state index in [-0.39, 0.29) is 0 Å². The van der Waals surface area contributed by atoms with Gasteiger partial charge in [0.15, 0.2) is 0 Å². The maximum atomic E-state index is 4.10. The number of rotatable bonds is 6. The van der Waals surface area contributed by atoms with E-state index in [0.717, 1.165) is 31.5 Å². The molecule has 1 heterocycles. The van der Waals surface area contributed by atoms with Crippen molar-refractivity contribution in [2.24, 2.45) is 0 Å². The normalized spacial score (nSPS) is 16.0. The van der Waals surface area contributed by atoms with E-state index in [1.54, 1.807) is 12.4 Å².